The molecule has 0 bridgehead atoms. The number of rotatable bonds is 3. The molecule has 4 heteroatoms. The van der Waals surface area contributed by atoms with Gasteiger partial charge in [-0.3, -0.25) is 10.3 Å². The SMILES string of the molecule is CC(C(=N)N)N(C)C1CCN(C)CC1. The van der Waals surface area contributed by atoms with Crippen LogP contribution in [0.4, 0.5) is 0 Å². The average molecular weight is 198 g/mol. The first-order chi connectivity index (χ1) is 6.52. The largest absolute Gasteiger partial charge is 0.386 e. The Bertz CT molecular complexity index is 196. The van der Waals surface area contributed by atoms with Gasteiger partial charge in [-0.25, -0.2) is 0 Å². The lowest BCUT2D eigenvalue weighted by Crippen LogP contribution is -2.49. The molecule has 0 radical (unpaired) electrons. The van der Waals surface area contributed by atoms with E-state index in [0.717, 1.165) is 13.1 Å². The predicted molar refractivity (Wildman–Crippen MR) is 59.7 cm³/mol. The van der Waals surface area contributed by atoms with E-state index in [2.05, 4.69) is 23.9 Å². The summed E-state index contributed by atoms with van der Waals surface area (Å²) in [5.74, 6) is 0.270. The molecule has 1 rings (SSSR count). The summed E-state index contributed by atoms with van der Waals surface area (Å²) in [5, 5.41) is 7.41. The molecule has 0 aromatic rings. The maximum absolute atomic E-state index is 7.41. The first kappa shape index (κ1) is 11.5. The summed E-state index contributed by atoms with van der Waals surface area (Å²) in [6.07, 6.45) is 2.37. The molecule has 1 fully saturated rings. The lowest BCUT2D eigenvalue weighted by molar-refractivity contribution is 0.134. The normalized spacial score (nSPS) is 22.6. The van der Waals surface area contributed by atoms with Crippen molar-refractivity contribution in [2.45, 2.75) is 31.8 Å². The number of amidine groups is 1. The molecule has 0 aliphatic carbocycles. The summed E-state index contributed by atoms with van der Waals surface area (Å²) >= 11 is 0. The first-order valence-electron chi connectivity index (χ1n) is 5.26. The van der Waals surface area contributed by atoms with Crippen LogP contribution in [0.15, 0.2) is 0 Å². The van der Waals surface area contributed by atoms with Crippen molar-refractivity contribution in [3.05, 3.63) is 0 Å². The van der Waals surface area contributed by atoms with Crippen LogP contribution in [0, 0.1) is 5.41 Å². The number of likely N-dealkylation sites (tertiary alicyclic amines) is 1. The van der Waals surface area contributed by atoms with Crippen molar-refractivity contribution in [3.8, 4) is 0 Å². The minimum atomic E-state index is 0.0726. The Kier molecular flexibility index (Phi) is 3.89. The fraction of sp³-hybridized carbons (Fsp3) is 0.900. The van der Waals surface area contributed by atoms with Gasteiger partial charge >= 0.3 is 0 Å². The van der Waals surface area contributed by atoms with Gasteiger partial charge in [0.2, 0.25) is 0 Å². The van der Waals surface area contributed by atoms with Gasteiger partial charge in [0, 0.05) is 6.04 Å². The third-order valence-corrected chi connectivity index (χ3v) is 3.33. The second-order valence-corrected chi connectivity index (χ2v) is 4.33. The summed E-state index contributed by atoms with van der Waals surface area (Å²) in [5.41, 5.74) is 5.50. The number of hydrogen-bond donors (Lipinski definition) is 2. The molecule has 0 spiro atoms. The van der Waals surface area contributed by atoms with Crippen LogP contribution in [-0.2, 0) is 0 Å². The molecule has 1 heterocycles. The quantitative estimate of drug-likeness (QED) is 0.508. The van der Waals surface area contributed by atoms with E-state index >= 15 is 0 Å². The number of nitrogens with one attached hydrogen (secondary N) is 1. The summed E-state index contributed by atoms with van der Waals surface area (Å²) < 4.78 is 0. The zero-order valence-electron chi connectivity index (χ0n) is 9.45. The van der Waals surface area contributed by atoms with E-state index in [-0.39, 0.29) is 11.9 Å². The second-order valence-electron chi connectivity index (χ2n) is 4.33. The van der Waals surface area contributed by atoms with E-state index in [0.29, 0.717) is 6.04 Å². The van der Waals surface area contributed by atoms with Crippen molar-refractivity contribution in [1.29, 1.82) is 5.41 Å². The van der Waals surface area contributed by atoms with Gasteiger partial charge in [0.15, 0.2) is 0 Å². The smallest absolute Gasteiger partial charge is 0.108 e. The molecule has 0 aromatic carbocycles. The van der Waals surface area contributed by atoms with E-state index in [9.17, 15) is 0 Å². The Morgan fingerprint density at radius 1 is 1.50 bits per heavy atom. The van der Waals surface area contributed by atoms with E-state index in [1.54, 1.807) is 0 Å². The minimum absolute atomic E-state index is 0.0726. The molecular weight excluding hydrogens is 176 g/mol. The summed E-state index contributed by atoms with van der Waals surface area (Å²) in [7, 11) is 4.23. The van der Waals surface area contributed by atoms with Gasteiger partial charge in [0.1, 0.15) is 5.84 Å². The van der Waals surface area contributed by atoms with Gasteiger partial charge in [-0.05, 0) is 47.0 Å². The third-order valence-electron chi connectivity index (χ3n) is 3.33. The molecule has 0 saturated carbocycles. The van der Waals surface area contributed by atoms with Gasteiger partial charge in [0.25, 0.3) is 0 Å². The van der Waals surface area contributed by atoms with Crippen molar-refractivity contribution in [2.75, 3.05) is 27.2 Å². The van der Waals surface area contributed by atoms with Crippen molar-refractivity contribution in [1.82, 2.24) is 9.80 Å². The zero-order valence-corrected chi connectivity index (χ0v) is 9.45. The molecule has 0 aromatic heterocycles. The zero-order chi connectivity index (χ0) is 10.7. The predicted octanol–water partition coefficient (Wildman–Crippen LogP) is 0.337. The van der Waals surface area contributed by atoms with Crippen molar-refractivity contribution in [2.24, 2.45) is 5.73 Å². The van der Waals surface area contributed by atoms with Crippen molar-refractivity contribution in [3.63, 3.8) is 0 Å². The highest BCUT2D eigenvalue weighted by molar-refractivity contribution is 5.82. The molecular formula is C10H22N4. The number of hydrogen-bond acceptors (Lipinski definition) is 3. The fourth-order valence-electron chi connectivity index (χ4n) is 1.94. The first-order valence-corrected chi connectivity index (χ1v) is 5.26. The molecule has 4 nitrogen and oxygen atoms in total. The summed E-state index contributed by atoms with van der Waals surface area (Å²) in [6.45, 7) is 4.31. The van der Waals surface area contributed by atoms with Crippen LogP contribution in [0.25, 0.3) is 0 Å². The standard InChI is InChI=1S/C10H22N4/c1-8(10(11)12)14(3)9-4-6-13(2)7-5-9/h8-9H,4-7H2,1-3H3,(H3,11,12). The van der Waals surface area contributed by atoms with E-state index in [1.807, 2.05) is 6.92 Å². The maximum atomic E-state index is 7.41. The van der Waals surface area contributed by atoms with Crippen molar-refractivity contribution < 1.29 is 0 Å². The van der Waals surface area contributed by atoms with Crippen LogP contribution in [0.1, 0.15) is 19.8 Å². The lowest BCUT2D eigenvalue weighted by Gasteiger charge is -2.37. The van der Waals surface area contributed by atoms with Crippen LogP contribution in [0.3, 0.4) is 0 Å². The fourth-order valence-corrected chi connectivity index (χ4v) is 1.94. The van der Waals surface area contributed by atoms with Gasteiger partial charge in [-0.1, -0.05) is 0 Å². The Hall–Kier alpha value is -0.610. The van der Waals surface area contributed by atoms with Crippen LogP contribution in [0.5, 0.6) is 0 Å². The highest BCUT2D eigenvalue weighted by atomic mass is 15.2. The molecule has 1 unspecified atom stereocenters. The van der Waals surface area contributed by atoms with E-state index in [4.69, 9.17) is 11.1 Å². The number of likely N-dealkylation sites (N-methyl/N-ethyl adjacent to an activating group) is 1. The van der Waals surface area contributed by atoms with Crippen molar-refractivity contribution >= 4 is 5.84 Å². The minimum Gasteiger partial charge on any atom is -0.386 e. The molecule has 82 valence electrons. The number of piperidine rings is 1. The third kappa shape index (κ3) is 2.69. The molecule has 1 aliphatic rings. The summed E-state index contributed by atoms with van der Waals surface area (Å²) in [4.78, 5) is 4.58. The van der Waals surface area contributed by atoms with Crippen LogP contribution >= 0.6 is 0 Å². The molecule has 3 N–H and O–H groups in total. The maximum Gasteiger partial charge on any atom is 0.108 e. The highest BCUT2D eigenvalue weighted by Gasteiger charge is 2.24. The molecule has 1 saturated heterocycles. The molecule has 1 aliphatic heterocycles. The second kappa shape index (κ2) is 4.75. The van der Waals surface area contributed by atoms with Crippen LogP contribution in [-0.4, -0.2) is 54.9 Å². The Balaban J connectivity index is 2.45. The lowest BCUT2D eigenvalue weighted by atomic mass is 10.0. The van der Waals surface area contributed by atoms with Crippen LogP contribution < -0.4 is 5.73 Å². The monoisotopic (exact) mass is 198 g/mol. The topological polar surface area (TPSA) is 56.4 Å². The number of nitrogens with two attached hydrogens (primary N) is 1. The number of nitrogens with zero attached hydrogens (tertiary/aromatic N) is 2. The van der Waals surface area contributed by atoms with Gasteiger partial charge < -0.3 is 10.6 Å². The van der Waals surface area contributed by atoms with Gasteiger partial charge in [-0.2, -0.15) is 0 Å². The molecule has 0 amide bonds. The van der Waals surface area contributed by atoms with Gasteiger partial charge in [-0.15, -0.1) is 0 Å². The van der Waals surface area contributed by atoms with E-state index in [1.165, 1.54) is 12.8 Å². The summed E-state index contributed by atoms with van der Waals surface area (Å²) in [6, 6.07) is 0.661. The molecule has 1 atom stereocenters. The van der Waals surface area contributed by atoms with Gasteiger partial charge in [0.05, 0.1) is 6.04 Å². The van der Waals surface area contributed by atoms with Crippen LogP contribution in [0.2, 0.25) is 0 Å². The molecule has 14 heavy (non-hydrogen) atoms. The highest BCUT2D eigenvalue weighted by Crippen LogP contribution is 2.15. The Morgan fingerprint density at radius 2 is 2.00 bits per heavy atom. The Morgan fingerprint density at radius 3 is 2.43 bits per heavy atom. The van der Waals surface area contributed by atoms with E-state index < -0.39 is 0 Å². The average Bonchev–Trinajstić information content (AvgIpc) is 2.16. The Labute approximate surface area is 86.6 Å².